The lowest BCUT2D eigenvalue weighted by Crippen LogP contribution is -2.25. The van der Waals surface area contributed by atoms with Crippen LogP contribution in [0.4, 0.5) is 11.5 Å². The number of aromatic nitrogens is 3. The molecule has 0 amide bonds. The largest absolute Gasteiger partial charge is 0.387 e. The highest BCUT2D eigenvalue weighted by atomic mass is 32.1. The lowest BCUT2D eigenvalue weighted by Gasteiger charge is -2.12. The molecule has 174 valence electrons. The molecule has 0 aliphatic heterocycles. The van der Waals surface area contributed by atoms with Crippen molar-refractivity contribution < 1.29 is 4.74 Å². The molecule has 9 heteroatoms. The van der Waals surface area contributed by atoms with Gasteiger partial charge in [-0.05, 0) is 35.0 Å². The van der Waals surface area contributed by atoms with Crippen LogP contribution in [0, 0.1) is 5.41 Å². The molecular formula is C25H29BN6OS. The van der Waals surface area contributed by atoms with E-state index in [1.807, 2.05) is 25.4 Å². The number of anilines is 2. The molecule has 4 aromatic rings. The van der Waals surface area contributed by atoms with Crippen molar-refractivity contribution in [3.8, 4) is 22.4 Å². The zero-order chi connectivity index (χ0) is 24.1. The normalized spacial score (nSPS) is 10.9. The van der Waals surface area contributed by atoms with Crippen molar-refractivity contribution in [2.45, 2.75) is 19.6 Å². The van der Waals surface area contributed by atoms with Gasteiger partial charge < -0.3 is 20.8 Å². The predicted octanol–water partition coefficient (Wildman–Crippen LogP) is 4.87. The Morgan fingerprint density at radius 2 is 2.03 bits per heavy atom. The third kappa shape index (κ3) is 4.67. The first kappa shape index (κ1) is 23.8. The average Bonchev–Trinajstić information content (AvgIpc) is 3.27. The number of fused-ring (bicyclic) bond motifs is 1. The third-order valence-electron chi connectivity index (χ3n) is 5.95. The Bertz CT molecular complexity index is 1290. The maximum Gasteiger partial charge on any atom is 0.188 e. The first-order valence-corrected chi connectivity index (χ1v) is 12.2. The Labute approximate surface area is 204 Å². The van der Waals surface area contributed by atoms with Crippen LogP contribution in [0.3, 0.4) is 0 Å². The fourth-order valence-corrected chi connectivity index (χ4v) is 5.51. The summed E-state index contributed by atoms with van der Waals surface area (Å²) >= 11 is 1.74. The van der Waals surface area contributed by atoms with Crippen molar-refractivity contribution in [2.75, 3.05) is 38.4 Å². The van der Waals surface area contributed by atoms with Crippen LogP contribution in [0.1, 0.15) is 12.0 Å². The number of hydrogen-bond donors (Lipinski definition) is 3. The van der Waals surface area contributed by atoms with Gasteiger partial charge in [0, 0.05) is 80.4 Å². The van der Waals surface area contributed by atoms with E-state index < -0.39 is 0 Å². The van der Waals surface area contributed by atoms with Crippen LogP contribution < -0.4 is 15.4 Å². The maximum atomic E-state index is 7.78. The van der Waals surface area contributed by atoms with Crippen molar-refractivity contribution in [2.24, 2.45) is 0 Å². The first-order valence-electron chi connectivity index (χ1n) is 11.3. The van der Waals surface area contributed by atoms with E-state index >= 15 is 0 Å². The molecule has 0 atom stereocenters. The van der Waals surface area contributed by atoms with E-state index in [1.165, 1.54) is 11.0 Å². The van der Waals surface area contributed by atoms with Gasteiger partial charge in [-0.15, -0.1) is 11.3 Å². The fourth-order valence-electron chi connectivity index (χ4n) is 4.21. The van der Waals surface area contributed by atoms with Gasteiger partial charge in [0.2, 0.25) is 0 Å². The van der Waals surface area contributed by atoms with Gasteiger partial charge in [0.1, 0.15) is 10.6 Å². The molecule has 0 aliphatic rings. The summed E-state index contributed by atoms with van der Waals surface area (Å²) in [5.41, 5.74) is 5.67. The monoisotopic (exact) mass is 472 g/mol. The van der Waals surface area contributed by atoms with Crippen molar-refractivity contribution >= 4 is 50.8 Å². The highest BCUT2D eigenvalue weighted by molar-refractivity contribution is 7.29. The topological polar surface area (TPSA) is 95.8 Å². The van der Waals surface area contributed by atoms with Crippen LogP contribution >= 0.6 is 11.3 Å². The number of methoxy groups -OCH3 is 1. The standard InChI is InChI=1S/C25H29BN6OS/c1-26(8-6-10-33-4)23-22(28-2)21-19(16-7-5-9-30-14-16)12-20(32-25(21)34-23)18-11-17(13-27)24(29-3)31-15-18/h5,7,9,11-15,27-28H,6,8,10H2,1-4H3,(H,29,31). The van der Waals surface area contributed by atoms with Gasteiger partial charge in [-0.2, -0.15) is 0 Å². The van der Waals surface area contributed by atoms with Crippen molar-refractivity contribution in [1.82, 2.24) is 15.0 Å². The van der Waals surface area contributed by atoms with Crippen LogP contribution in [0.5, 0.6) is 0 Å². The molecule has 3 N–H and O–H groups in total. The van der Waals surface area contributed by atoms with E-state index in [9.17, 15) is 0 Å². The zero-order valence-corrected chi connectivity index (χ0v) is 20.8. The SMILES string of the molecule is CNc1ncc(-c2cc(-c3cccnc3)c3c(NC)c(B(C)CCCOC)sc3n2)cc1C=N. The lowest BCUT2D eigenvalue weighted by atomic mass is 9.47. The van der Waals surface area contributed by atoms with Crippen LogP contribution in [0.25, 0.3) is 32.6 Å². The van der Waals surface area contributed by atoms with Crippen molar-refractivity contribution in [3.63, 3.8) is 0 Å². The first-order chi connectivity index (χ1) is 16.6. The Kier molecular flexibility index (Phi) is 7.54. The molecule has 7 nitrogen and oxygen atoms in total. The molecule has 34 heavy (non-hydrogen) atoms. The molecule has 0 spiro atoms. The van der Waals surface area contributed by atoms with E-state index in [-0.39, 0.29) is 0 Å². The summed E-state index contributed by atoms with van der Waals surface area (Å²) < 4.78 is 6.56. The van der Waals surface area contributed by atoms with E-state index in [1.54, 1.807) is 37.9 Å². The van der Waals surface area contributed by atoms with E-state index in [4.69, 9.17) is 15.1 Å². The smallest absolute Gasteiger partial charge is 0.188 e. The lowest BCUT2D eigenvalue weighted by molar-refractivity contribution is 0.199. The van der Waals surface area contributed by atoms with Gasteiger partial charge in [0.15, 0.2) is 6.71 Å². The molecule has 4 aromatic heterocycles. The predicted molar refractivity (Wildman–Crippen MR) is 146 cm³/mol. The van der Waals surface area contributed by atoms with Crippen LogP contribution in [0.2, 0.25) is 13.1 Å². The van der Waals surface area contributed by atoms with E-state index in [2.05, 4.69) is 39.6 Å². The minimum Gasteiger partial charge on any atom is -0.387 e. The van der Waals surface area contributed by atoms with Gasteiger partial charge in [0.25, 0.3) is 0 Å². The van der Waals surface area contributed by atoms with Gasteiger partial charge in [-0.3, -0.25) is 4.98 Å². The van der Waals surface area contributed by atoms with Crippen molar-refractivity contribution in [3.05, 3.63) is 48.4 Å². The minimum absolute atomic E-state index is 0.378. The second-order valence-corrected chi connectivity index (χ2v) is 9.19. The Morgan fingerprint density at radius 3 is 2.71 bits per heavy atom. The number of hydrogen-bond acceptors (Lipinski definition) is 8. The summed E-state index contributed by atoms with van der Waals surface area (Å²) in [5.74, 6) is 0.674. The van der Waals surface area contributed by atoms with Gasteiger partial charge in [0.05, 0.1) is 5.69 Å². The van der Waals surface area contributed by atoms with E-state index in [0.717, 1.165) is 63.2 Å². The van der Waals surface area contributed by atoms with E-state index in [0.29, 0.717) is 12.5 Å². The molecule has 0 aromatic carbocycles. The van der Waals surface area contributed by atoms with Crippen LogP contribution in [-0.2, 0) is 4.74 Å². The summed E-state index contributed by atoms with van der Waals surface area (Å²) in [7, 11) is 5.53. The average molecular weight is 472 g/mol. The molecule has 0 bridgehead atoms. The second-order valence-electron chi connectivity index (χ2n) is 8.16. The number of pyridine rings is 3. The summed E-state index contributed by atoms with van der Waals surface area (Å²) in [6.45, 7) is 3.41. The van der Waals surface area contributed by atoms with Gasteiger partial charge >= 0.3 is 0 Å². The number of nitrogens with zero attached hydrogens (tertiary/aromatic N) is 3. The molecule has 4 heterocycles. The molecule has 0 saturated heterocycles. The summed E-state index contributed by atoms with van der Waals surface area (Å²) in [6.07, 6.45) is 8.85. The number of rotatable bonds is 10. The molecule has 0 fully saturated rings. The van der Waals surface area contributed by atoms with Gasteiger partial charge in [-0.25, -0.2) is 9.97 Å². The van der Waals surface area contributed by atoms with Crippen molar-refractivity contribution in [1.29, 1.82) is 5.41 Å². The second kappa shape index (κ2) is 10.8. The molecule has 0 radical (unpaired) electrons. The summed E-state index contributed by atoms with van der Waals surface area (Å²) in [6, 6.07) is 8.09. The molecule has 0 unspecified atom stereocenters. The Balaban J connectivity index is 1.92. The number of ether oxygens (including phenoxy) is 1. The quantitative estimate of drug-likeness (QED) is 0.173. The third-order valence-corrected chi connectivity index (χ3v) is 7.27. The Hall–Kier alpha value is -3.30. The Morgan fingerprint density at radius 1 is 1.18 bits per heavy atom. The minimum atomic E-state index is 0.378. The summed E-state index contributed by atoms with van der Waals surface area (Å²) in [4.78, 5) is 14.9. The summed E-state index contributed by atoms with van der Waals surface area (Å²) in [5, 5.41) is 15.4. The number of nitrogens with one attached hydrogen (secondary N) is 3. The number of thiophene rings is 1. The molecule has 0 aliphatic carbocycles. The maximum absolute atomic E-state index is 7.78. The fraction of sp³-hybridized carbons (Fsp3) is 0.280. The van der Waals surface area contributed by atoms with Crippen LogP contribution in [-0.4, -0.2) is 55.7 Å². The van der Waals surface area contributed by atoms with Crippen LogP contribution in [0.15, 0.2) is 42.9 Å². The molecule has 0 saturated carbocycles. The molecule has 4 rings (SSSR count). The zero-order valence-electron chi connectivity index (χ0n) is 20.0. The highest BCUT2D eigenvalue weighted by Gasteiger charge is 2.23. The molecular weight excluding hydrogens is 443 g/mol. The highest BCUT2D eigenvalue weighted by Crippen LogP contribution is 2.39. The van der Waals surface area contributed by atoms with Gasteiger partial charge in [-0.1, -0.05) is 19.2 Å².